The van der Waals surface area contributed by atoms with Crippen LogP contribution in [0.4, 0.5) is 68.2 Å². The molecule has 5 heteroatoms. The highest BCUT2D eigenvalue weighted by molar-refractivity contribution is 7.00. The van der Waals surface area contributed by atoms with E-state index < -0.39 is 0 Å². The molecule has 0 saturated heterocycles. The number of para-hydroxylation sites is 1. The minimum atomic E-state index is -0.378. The maximum Gasteiger partial charge on any atom is 0.252 e. The second-order valence-corrected chi connectivity index (χ2v) is 39.1. The number of nitrogens with zero attached hydrogens (tertiary/aromatic N) is 4. The van der Waals surface area contributed by atoms with Gasteiger partial charge in [-0.15, -0.1) is 0 Å². The molecule has 0 atom stereocenters. The van der Waals surface area contributed by atoms with Gasteiger partial charge in [-0.2, -0.15) is 0 Å². The molecule has 0 amide bonds. The molecule has 0 unspecified atom stereocenters. The summed E-state index contributed by atoms with van der Waals surface area (Å²) in [5.41, 5.74) is 37.3. The smallest absolute Gasteiger partial charge is 0.252 e. The maximum absolute atomic E-state index is 2.75. The molecule has 17 rings (SSSR count). The van der Waals surface area contributed by atoms with Crippen LogP contribution in [-0.4, -0.2) is 6.71 Å². The van der Waals surface area contributed by atoms with Gasteiger partial charge in [-0.25, -0.2) is 0 Å². The molecule has 0 bridgehead atoms. The maximum atomic E-state index is 2.75. The van der Waals surface area contributed by atoms with Crippen molar-refractivity contribution in [2.75, 3.05) is 19.6 Å². The molecule has 0 radical (unpaired) electrons. The Bertz CT molecular complexity index is 5930. The Labute approximate surface area is 709 Å². The van der Waals surface area contributed by atoms with Crippen LogP contribution in [0.2, 0.25) is 0 Å². The molecule has 2 heterocycles. The number of rotatable bonds is 14. The van der Waals surface area contributed by atoms with Crippen LogP contribution in [0, 0.1) is 0 Å². The Kier molecular flexibility index (Phi) is 20.3. The lowest BCUT2D eigenvalue weighted by molar-refractivity contribution is 0.590. The SMILES string of the molecule is CC(C)(C)c1ccc(N(c2ccc(C(C)(C)C)cc2)c2ccc3c(c2)N(c2c(-c4ccccc4)cccc2-c2ccccc2)c2cc(C(C)(C)C)cc4c2B3c2ccc(N(c3ccc(C(C)(C)C)cc3)c3ccc(C(C)(C)C)cc3)cc2N4c2c(-c3ccc(-c4ccccc4)cc3)cc(C(C)(C)C)cc2-c2ccc(-c3ccccc3)cc2)cc1. The molecule has 0 saturated carbocycles. The monoisotopic (exact) mass is 1550 g/mol. The molecule has 590 valence electrons. The zero-order valence-corrected chi connectivity index (χ0v) is 72.8. The summed E-state index contributed by atoms with van der Waals surface area (Å²) in [5, 5.41) is 0. The molecule has 2 aliphatic rings. The Hall–Kier alpha value is -12.4. The van der Waals surface area contributed by atoms with Gasteiger partial charge in [-0.05, 0) is 224 Å². The summed E-state index contributed by atoms with van der Waals surface area (Å²) in [7, 11) is 0. The molecule has 4 nitrogen and oxygen atoms in total. The fraction of sp³-hybridized carbons (Fsp3) is 0.211. The van der Waals surface area contributed by atoms with Crippen LogP contribution in [-0.2, 0) is 32.5 Å². The van der Waals surface area contributed by atoms with Gasteiger partial charge >= 0.3 is 0 Å². The third-order valence-corrected chi connectivity index (χ3v) is 24.6. The van der Waals surface area contributed by atoms with E-state index in [4.69, 9.17) is 0 Å². The van der Waals surface area contributed by atoms with Gasteiger partial charge < -0.3 is 19.6 Å². The van der Waals surface area contributed by atoms with Crippen molar-refractivity contribution in [2.45, 2.75) is 157 Å². The first-order valence-electron chi connectivity index (χ1n) is 42.6. The summed E-state index contributed by atoms with van der Waals surface area (Å²) in [6.45, 7) is 41.7. The lowest BCUT2D eigenvalue weighted by Crippen LogP contribution is -2.61. The van der Waals surface area contributed by atoms with Gasteiger partial charge in [0.2, 0.25) is 0 Å². The largest absolute Gasteiger partial charge is 0.310 e. The Morgan fingerprint density at radius 2 is 0.437 bits per heavy atom. The zero-order chi connectivity index (χ0) is 83.2. The third-order valence-electron chi connectivity index (χ3n) is 24.6. The molecule has 0 spiro atoms. The van der Waals surface area contributed by atoms with Gasteiger partial charge in [-0.3, -0.25) is 0 Å². The van der Waals surface area contributed by atoms with Crippen molar-refractivity contribution in [3.63, 3.8) is 0 Å². The third kappa shape index (κ3) is 15.4. The van der Waals surface area contributed by atoms with Gasteiger partial charge in [0.15, 0.2) is 0 Å². The Morgan fingerprint density at radius 1 is 0.193 bits per heavy atom. The lowest BCUT2D eigenvalue weighted by Gasteiger charge is -2.47. The normalized spacial score (nSPS) is 12.9. The molecule has 119 heavy (non-hydrogen) atoms. The van der Waals surface area contributed by atoms with E-state index in [2.05, 4.69) is 490 Å². The lowest BCUT2D eigenvalue weighted by atomic mass is 9.33. The number of hydrogen-bond acceptors (Lipinski definition) is 4. The molecule has 0 fully saturated rings. The zero-order valence-electron chi connectivity index (χ0n) is 72.8. The number of benzene rings is 15. The summed E-state index contributed by atoms with van der Waals surface area (Å²) in [4.78, 5) is 10.5. The van der Waals surface area contributed by atoms with E-state index in [-0.39, 0.29) is 39.2 Å². The number of anilines is 12. The predicted molar refractivity (Wildman–Crippen MR) is 515 cm³/mol. The summed E-state index contributed by atoms with van der Waals surface area (Å²) in [6.07, 6.45) is 0. The van der Waals surface area contributed by atoms with Gasteiger partial charge in [-0.1, -0.05) is 373 Å². The molecular weight excluding hydrogens is 1440 g/mol. The van der Waals surface area contributed by atoms with E-state index in [0.29, 0.717) is 0 Å². The summed E-state index contributed by atoms with van der Waals surface area (Å²) < 4.78 is 0. The van der Waals surface area contributed by atoms with Gasteiger partial charge in [0.1, 0.15) is 0 Å². The van der Waals surface area contributed by atoms with Crippen LogP contribution in [0.3, 0.4) is 0 Å². The Balaban J connectivity index is 1.04. The molecule has 0 N–H and O–H groups in total. The van der Waals surface area contributed by atoms with Gasteiger partial charge in [0.05, 0.1) is 11.4 Å². The van der Waals surface area contributed by atoms with Crippen molar-refractivity contribution in [3.8, 4) is 66.8 Å². The molecule has 0 aliphatic carbocycles. The fourth-order valence-corrected chi connectivity index (χ4v) is 17.7. The van der Waals surface area contributed by atoms with Crippen molar-refractivity contribution in [2.24, 2.45) is 0 Å². The highest BCUT2D eigenvalue weighted by atomic mass is 15.2. The quantitative estimate of drug-likeness (QED) is 0.101. The molecule has 15 aromatic rings. The minimum absolute atomic E-state index is 0.0492. The average molecular weight is 1550 g/mol. The topological polar surface area (TPSA) is 13.0 Å². The number of fused-ring (bicyclic) bond motifs is 4. The first kappa shape index (κ1) is 79.1. The van der Waals surface area contributed by atoms with E-state index in [9.17, 15) is 0 Å². The minimum Gasteiger partial charge on any atom is -0.310 e. The van der Waals surface area contributed by atoms with Crippen molar-refractivity contribution in [1.29, 1.82) is 0 Å². The first-order valence-corrected chi connectivity index (χ1v) is 42.6. The van der Waals surface area contributed by atoms with Gasteiger partial charge in [0.25, 0.3) is 6.71 Å². The van der Waals surface area contributed by atoms with E-state index in [1.54, 1.807) is 0 Å². The van der Waals surface area contributed by atoms with E-state index >= 15 is 0 Å². The van der Waals surface area contributed by atoms with E-state index in [0.717, 1.165) is 113 Å². The summed E-state index contributed by atoms with van der Waals surface area (Å²) in [6, 6.07) is 132. The summed E-state index contributed by atoms with van der Waals surface area (Å²) >= 11 is 0. The van der Waals surface area contributed by atoms with Crippen molar-refractivity contribution >= 4 is 91.3 Å². The van der Waals surface area contributed by atoms with Crippen molar-refractivity contribution < 1.29 is 0 Å². The molecule has 0 aromatic heterocycles. The average Bonchev–Trinajstić information content (AvgIpc) is 0.684. The van der Waals surface area contributed by atoms with Crippen LogP contribution in [0.15, 0.2) is 346 Å². The van der Waals surface area contributed by atoms with Crippen LogP contribution in [0.25, 0.3) is 66.8 Å². The van der Waals surface area contributed by atoms with Crippen LogP contribution >= 0.6 is 0 Å². The van der Waals surface area contributed by atoms with Crippen molar-refractivity contribution in [3.05, 3.63) is 379 Å². The standard InChI is InChI=1S/C114H111BN4/c1-109(2,3)84-50-58-90(59-51-84)116(91-60-52-85(53-61-91)110(4,5)6)94-66-68-100-102(74-94)118(107-96(80-36-27-21-28-37-80)40-31-41-97(107)81-38-29-22-30-39-81)104-72-89(114(16,17)18)73-105-106(104)115(100)101-69-67-95(117(92-62-54-86(55-63-92)111(7,8)9)93-64-56-87(57-65-93)112(10,11)12)75-103(101)119(105)108-98(82-46-42-78(43-47-82)76-32-23-19-24-33-76)70-88(113(13,14)15)71-99(108)83-48-44-79(45-49-83)77-34-25-20-26-35-77/h19-75H,1-18H3. The van der Waals surface area contributed by atoms with Crippen molar-refractivity contribution in [1.82, 2.24) is 0 Å². The van der Waals surface area contributed by atoms with Crippen LogP contribution in [0.5, 0.6) is 0 Å². The van der Waals surface area contributed by atoms with Crippen LogP contribution in [0.1, 0.15) is 158 Å². The van der Waals surface area contributed by atoms with Gasteiger partial charge in [0, 0.05) is 79.1 Å². The molecular formula is C114H111BN4. The van der Waals surface area contributed by atoms with E-state index in [1.807, 2.05) is 0 Å². The first-order chi connectivity index (χ1) is 56.8. The van der Waals surface area contributed by atoms with E-state index in [1.165, 1.54) is 72.0 Å². The highest BCUT2D eigenvalue weighted by Gasteiger charge is 2.47. The number of hydrogen-bond donors (Lipinski definition) is 0. The summed E-state index contributed by atoms with van der Waals surface area (Å²) in [5.74, 6) is 0. The van der Waals surface area contributed by atoms with Crippen LogP contribution < -0.4 is 36.0 Å². The second-order valence-electron chi connectivity index (χ2n) is 39.1. The molecule has 15 aromatic carbocycles. The molecule has 2 aliphatic heterocycles. The highest BCUT2D eigenvalue weighted by Crippen LogP contribution is 2.56. The Morgan fingerprint density at radius 3 is 0.731 bits per heavy atom. The predicted octanol–water partition coefficient (Wildman–Crippen LogP) is 30.5. The second kappa shape index (κ2) is 30.5. The fourth-order valence-electron chi connectivity index (χ4n) is 17.7.